The van der Waals surface area contributed by atoms with Crippen LogP contribution in [0.3, 0.4) is 0 Å². The van der Waals surface area contributed by atoms with E-state index < -0.39 is 21.1 Å². The van der Waals surface area contributed by atoms with Crippen molar-refractivity contribution < 1.29 is 13.2 Å². The van der Waals surface area contributed by atoms with Crippen molar-refractivity contribution in [2.24, 2.45) is 5.73 Å². The summed E-state index contributed by atoms with van der Waals surface area (Å²) in [5, 5.41) is -0.636. The third kappa shape index (κ3) is 3.26. The molecule has 1 aromatic carbocycles. The van der Waals surface area contributed by atoms with Crippen LogP contribution < -0.4 is 16.4 Å². The van der Waals surface area contributed by atoms with Gasteiger partial charge in [0, 0.05) is 29.5 Å². The number of hydrogen-bond donors (Lipinski definition) is 2. The first-order chi connectivity index (χ1) is 9.86. The number of thioether (sulfide) groups is 1. The number of anilines is 2. The lowest BCUT2D eigenvalue weighted by atomic mass is 10.1. The van der Waals surface area contributed by atoms with E-state index in [1.165, 1.54) is 6.07 Å². The zero-order chi connectivity index (χ0) is 15.6. The molecule has 1 saturated heterocycles. The van der Waals surface area contributed by atoms with E-state index in [9.17, 15) is 13.2 Å². The van der Waals surface area contributed by atoms with Crippen molar-refractivity contribution in [1.82, 2.24) is 0 Å². The van der Waals surface area contributed by atoms with Gasteiger partial charge in [0.2, 0.25) is 0 Å². The minimum atomic E-state index is -3.25. The second-order valence-corrected chi connectivity index (χ2v) is 8.41. The highest BCUT2D eigenvalue weighted by Gasteiger charge is 2.34. The van der Waals surface area contributed by atoms with E-state index in [1.807, 2.05) is 0 Å². The van der Waals surface area contributed by atoms with Crippen LogP contribution in [0.25, 0.3) is 0 Å². The number of carbonyl (C=O) groups excluding carboxylic acids is 1. The summed E-state index contributed by atoms with van der Waals surface area (Å²) < 4.78 is 24.6. The lowest BCUT2D eigenvalue weighted by Gasteiger charge is -2.37. The molecule has 2 rings (SSSR count). The number of nitrogen functional groups attached to an aromatic ring is 1. The molecule has 1 aliphatic heterocycles. The summed E-state index contributed by atoms with van der Waals surface area (Å²) in [5.74, 6) is 0.746. The molecule has 0 bridgehead atoms. The highest BCUT2D eigenvalue weighted by molar-refractivity contribution is 8.01. The molecule has 1 unspecified atom stereocenters. The molecule has 0 saturated carbocycles. The number of rotatable bonds is 4. The molecule has 1 aromatic rings. The number of nitrogens with zero attached hydrogens (tertiary/aromatic N) is 1. The summed E-state index contributed by atoms with van der Waals surface area (Å²) in [6.45, 7) is 2.18. The zero-order valence-electron chi connectivity index (χ0n) is 11.8. The SMILES string of the molecule is CCS(=O)(=O)C1CSCCN1c1ccc(N)cc1C(N)=O. The minimum Gasteiger partial charge on any atom is -0.399 e. The molecule has 6 nitrogen and oxygen atoms in total. The van der Waals surface area contributed by atoms with Crippen molar-refractivity contribution in [2.75, 3.05) is 34.4 Å². The molecule has 0 spiro atoms. The number of carbonyl (C=O) groups is 1. The molecular weight excluding hydrogens is 310 g/mol. The van der Waals surface area contributed by atoms with Crippen LogP contribution in [-0.2, 0) is 9.84 Å². The maximum atomic E-state index is 12.3. The van der Waals surface area contributed by atoms with Gasteiger partial charge in [0.15, 0.2) is 9.84 Å². The maximum Gasteiger partial charge on any atom is 0.250 e. The standard InChI is InChI=1S/C13H19N3O3S2/c1-2-21(18,19)12-8-20-6-5-16(12)11-4-3-9(14)7-10(11)13(15)17/h3-4,7,12H,2,5-6,8,14H2,1H3,(H2,15,17). The molecule has 8 heteroatoms. The summed E-state index contributed by atoms with van der Waals surface area (Å²) in [6.07, 6.45) is 0. The van der Waals surface area contributed by atoms with E-state index in [0.29, 0.717) is 23.7 Å². The highest BCUT2D eigenvalue weighted by Crippen LogP contribution is 2.31. The molecule has 0 radical (unpaired) electrons. The predicted octanol–water partition coefficient (Wildman–Crippen LogP) is 0.682. The van der Waals surface area contributed by atoms with E-state index in [4.69, 9.17) is 11.5 Å². The molecular formula is C13H19N3O3S2. The zero-order valence-corrected chi connectivity index (χ0v) is 13.4. The van der Waals surface area contributed by atoms with Crippen LogP contribution in [0.1, 0.15) is 17.3 Å². The van der Waals surface area contributed by atoms with Gasteiger partial charge in [0.1, 0.15) is 5.37 Å². The average Bonchev–Trinajstić information content (AvgIpc) is 2.47. The number of sulfone groups is 1. The van der Waals surface area contributed by atoms with E-state index in [0.717, 1.165) is 5.75 Å². The van der Waals surface area contributed by atoms with Crippen molar-refractivity contribution >= 4 is 38.9 Å². The maximum absolute atomic E-state index is 12.3. The number of amides is 1. The fourth-order valence-corrected chi connectivity index (χ4v) is 5.33. The van der Waals surface area contributed by atoms with Crippen molar-refractivity contribution in [2.45, 2.75) is 12.3 Å². The van der Waals surface area contributed by atoms with Gasteiger partial charge in [0.05, 0.1) is 11.3 Å². The lowest BCUT2D eigenvalue weighted by Crippen LogP contribution is -2.48. The fraction of sp³-hybridized carbons (Fsp3) is 0.462. The predicted molar refractivity (Wildman–Crippen MR) is 87.3 cm³/mol. The Kier molecular flexibility index (Phi) is 4.67. The topological polar surface area (TPSA) is 106 Å². The summed E-state index contributed by atoms with van der Waals surface area (Å²) in [7, 11) is -3.25. The first-order valence-electron chi connectivity index (χ1n) is 6.62. The molecule has 1 atom stereocenters. The first kappa shape index (κ1) is 16.0. The molecule has 1 heterocycles. The Bertz CT molecular complexity index is 646. The second-order valence-electron chi connectivity index (χ2n) is 4.82. The molecule has 0 aliphatic carbocycles. The van der Waals surface area contributed by atoms with E-state index in [1.54, 1.807) is 35.7 Å². The quantitative estimate of drug-likeness (QED) is 0.787. The van der Waals surface area contributed by atoms with E-state index in [-0.39, 0.29) is 11.3 Å². The van der Waals surface area contributed by atoms with Gasteiger partial charge in [-0.25, -0.2) is 8.42 Å². The smallest absolute Gasteiger partial charge is 0.250 e. The molecule has 4 N–H and O–H groups in total. The minimum absolute atomic E-state index is 0.0651. The third-order valence-corrected chi connectivity index (χ3v) is 6.79. The van der Waals surface area contributed by atoms with Gasteiger partial charge >= 0.3 is 0 Å². The van der Waals surface area contributed by atoms with Crippen LogP contribution in [0, 0.1) is 0 Å². The molecule has 21 heavy (non-hydrogen) atoms. The molecule has 116 valence electrons. The van der Waals surface area contributed by atoms with Gasteiger partial charge in [0.25, 0.3) is 5.91 Å². The summed E-state index contributed by atoms with van der Waals surface area (Å²) >= 11 is 1.60. The number of primary amides is 1. The Hall–Kier alpha value is -1.41. The number of hydrogen-bond acceptors (Lipinski definition) is 6. The Morgan fingerprint density at radius 2 is 2.19 bits per heavy atom. The lowest BCUT2D eigenvalue weighted by molar-refractivity contribution is 0.100. The van der Waals surface area contributed by atoms with Crippen molar-refractivity contribution in [1.29, 1.82) is 0 Å². The van der Waals surface area contributed by atoms with Gasteiger partial charge in [-0.05, 0) is 18.2 Å². The average molecular weight is 329 g/mol. The molecule has 0 aromatic heterocycles. The molecule has 1 aliphatic rings. The number of nitrogens with two attached hydrogens (primary N) is 2. The van der Waals surface area contributed by atoms with Crippen LogP contribution in [0.4, 0.5) is 11.4 Å². The van der Waals surface area contributed by atoms with Crippen LogP contribution in [0.15, 0.2) is 18.2 Å². The Morgan fingerprint density at radius 1 is 1.48 bits per heavy atom. The normalized spacial score (nSPS) is 19.5. The van der Waals surface area contributed by atoms with Crippen LogP contribution in [0.5, 0.6) is 0 Å². The summed E-state index contributed by atoms with van der Waals surface area (Å²) in [4.78, 5) is 13.4. The van der Waals surface area contributed by atoms with Gasteiger partial charge in [-0.3, -0.25) is 4.79 Å². The molecule has 1 amide bonds. The van der Waals surface area contributed by atoms with E-state index in [2.05, 4.69) is 0 Å². The van der Waals surface area contributed by atoms with Gasteiger partial charge in [-0.2, -0.15) is 11.8 Å². The van der Waals surface area contributed by atoms with Crippen LogP contribution in [0.2, 0.25) is 0 Å². The first-order valence-corrected chi connectivity index (χ1v) is 9.49. The second kappa shape index (κ2) is 6.15. The van der Waals surface area contributed by atoms with Gasteiger partial charge in [-0.15, -0.1) is 0 Å². The number of benzene rings is 1. The Labute approximate surface area is 128 Å². The third-order valence-electron chi connectivity index (χ3n) is 3.50. The Balaban J connectivity index is 2.50. The molecule has 1 fully saturated rings. The summed E-state index contributed by atoms with van der Waals surface area (Å²) in [6, 6.07) is 4.82. The van der Waals surface area contributed by atoms with Gasteiger partial charge in [-0.1, -0.05) is 6.92 Å². The fourth-order valence-electron chi connectivity index (χ4n) is 2.35. The Morgan fingerprint density at radius 3 is 2.81 bits per heavy atom. The summed E-state index contributed by atoms with van der Waals surface area (Å²) in [5.41, 5.74) is 12.3. The highest BCUT2D eigenvalue weighted by atomic mass is 32.2. The largest absolute Gasteiger partial charge is 0.399 e. The van der Waals surface area contributed by atoms with Crippen molar-refractivity contribution in [3.63, 3.8) is 0 Å². The van der Waals surface area contributed by atoms with Crippen LogP contribution in [-0.4, -0.2) is 43.5 Å². The van der Waals surface area contributed by atoms with E-state index >= 15 is 0 Å². The van der Waals surface area contributed by atoms with Crippen molar-refractivity contribution in [3.8, 4) is 0 Å². The van der Waals surface area contributed by atoms with Crippen LogP contribution >= 0.6 is 11.8 Å². The van der Waals surface area contributed by atoms with Gasteiger partial charge < -0.3 is 16.4 Å². The monoisotopic (exact) mass is 329 g/mol. The van der Waals surface area contributed by atoms with Crippen molar-refractivity contribution in [3.05, 3.63) is 23.8 Å².